The molecule has 0 radical (unpaired) electrons. The highest BCUT2D eigenvalue weighted by Gasteiger charge is 2.61. The summed E-state index contributed by atoms with van der Waals surface area (Å²) in [6.07, 6.45) is 7.47. The zero-order valence-corrected chi connectivity index (χ0v) is 24.4. The molecule has 14 heteroatoms. The van der Waals surface area contributed by atoms with E-state index in [-0.39, 0.29) is 6.42 Å². The van der Waals surface area contributed by atoms with E-state index < -0.39 is 69.7 Å². The topological polar surface area (TPSA) is 178 Å². The van der Waals surface area contributed by atoms with E-state index >= 15 is 0 Å². The Hall–Kier alpha value is -3.18. The summed E-state index contributed by atoms with van der Waals surface area (Å²) >= 11 is 0. The van der Waals surface area contributed by atoms with Gasteiger partial charge in [-0.05, 0) is 59.3 Å². The molecule has 3 N–H and O–H groups in total. The van der Waals surface area contributed by atoms with Crippen molar-refractivity contribution in [2.24, 2.45) is 5.92 Å². The van der Waals surface area contributed by atoms with Gasteiger partial charge in [0.1, 0.15) is 29.8 Å². The Morgan fingerprint density at radius 1 is 1.23 bits per heavy atom. The van der Waals surface area contributed by atoms with Gasteiger partial charge in [0, 0.05) is 19.5 Å². The largest absolute Gasteiger partial charge is 0.444 e. The number of amides is 4. The third kappa shape index (κ3) is 7.72. The van der Waals surface area contributed by atoms with Crippen molar-refractivity contribution in [2.75, 3.05) is 20.1 Å². The van der Waals surface area contributed by atoms with Crippen LogP contribution in [0.25, 0.3) is 0 Å². The number of carbonyl (C=O) groups excluding carboxylic acids is 4. The normalized spacial score (nSPS) is 27.8. The molecule has 1 saturated heterocycles. The Labute approximate surface area is 235 Å². The molecule has 0 unspecified atom stereocenters. The first kappa shape index (κ1) is 31.3. The van der Waals surface area contributed by atoms with Crippen LogP contribution in [0.2, 0.25) is 0 Å². The van der Waals surface area contributed by atoms with Gasteiger partial charge < -0.3 is 20.3 Å². The van der Waals surface area contributed by atoms with Gasteiger partial charge in [-0.3, -0.25) is 14.4 Å². The molecular weight excluding hydrogens is 540 g/mol. The Morgan fingerprint density at radius 3 is 2.62 bits per heavy atom. The summed E-state index contributed by atoms with van der Waals surface area (Å²) in [5.74, 6) is -2.29. The predicted octanol–water partition coefficient (Wildman–Crippen LogP) is 1.08. The van der Waals surface area contributed by atoms with Crippen LogP contribution in [0.5, 0.6) is 0 Å². The van der Waals surface area contributed by atoms with E-state index in [1.54, 1.807) is 26.8 Å². The quantitative estimate of drug-likeness (QED) is 0.319. The summed E-state index contributed by atoms with van der Waals surface area (Å²) in [4.78, 5) is 54.3. The summed E-state index contributed by atoms with van der Waals surface area (Å²) in [7, 11) is -3.14. The summed E-state index contributed by atoms with van der Waals surface area (Å²) in [6.45, 7) is 5.03. The Bertz CT molecular complexity index is 1170. The second-order valence-electron chi connectivity index (χ2n) is 11.6. The number of rotatable bonds is 5. The first-order chi connectivity index (χ1) is 18.7. The molecule has 13 nitrogen and oxygen atoms in total. The van der Waals surface area contributed by atoms with Crippen LogP contribution in [0.4, 0.5) is 4.79 Å². The van der Waals surface area contributed by atoms with E-state index in [9.17, 15) is 27.6 Å². The number of allylic oxidation sites excluding steroid dienone is 1. The number of nitriles is 1. The number of nitrogens with zero attached hydrogens (tertiary/aromatic N) is 3. The Kier molecular flexibility index (Phi) is 9.84. The summed E-state index contributed by atoms with van der Waals surface area (Å²) in [5, 5.41) is 14.3. The highest BCUT2D eigenvalue weighted by atomic mass is 32.2. The van der Waals surface area contributed by atoms with Crippen molar-refractivity contribution < 1.29 is 32.3 Å². The van der Waals surface area contributed by atoms with Gasteiger partial charge in [-0.25, -0.2) is 9.52 Å². The van der Waals surface area contributed by atoms with E-state index in [1.807, 2.05) is 16.9 Å². The van der Waals surface area contributed by atoms with Crippen molar-refractivity contribution in [1.82, 2.24) is 24.6 Å². The molecule has 2 aliphatic heterocycles. The van der Waals surface area contributed by atoms with Crippen LogP contribution in [-0.2, 0) is 29.3 Å². The maximum atomic E-state index is 13.6. The number of hydrogen-bond acceptors (Lipinski definition) is 8. The van der Waals surface area contributed by atoms with Gasteiger partial charge >= 0.3 is 16.3 Å². The molecule has 222 valence electrons. The average molecular weight is 581 g/mol. The van der Waals surface area contributed by atoms with Crippen molar-refractivity contribution in [2.45, 2.75) is 95.4 Å². The molecule has 1 aliphatic carbocycles. The van der Waals surface area contributed by atoms with Crippen LogP contribution in [0.15, 0.2) is 12.2 Å². The average Bonchev–Trinajstić information content (AvgIpc) is 3.30. The fourth-order valence-electron chi connectivity index (χ4n) is 5.01. The van der Waals surface area contributed by atoms with Gasteiger partial charge in [-0.2, -0.15) is 18.0 Å². The molecule has 40 heavy (non-hydrogen) atoms. The van der Waals surface area contributed by atoms with E-state index in [1.165, 1.54) is 11.9 Å². The maximum Gasteiger partial charge on any atom is 0.408 e. The highest BCUT2D eigenvalue weighted by Crippen LogP contribution is 2.45. The van der Waals surface area contributed by atoms with Gasteiger partial charge in [-0.1, -0.05) is 25.0 Å². The van der Waals surface area contributed by atoms with Crippen molar-refractivity contribution in [3.05, 3.63) is 12.2 Å². The lowest BCUT2D eigenvalue weighted by Crippen LogP contribution is -2.59. The summed E-state index contributed by atoms with van der Waals surface area (Å²) in [5.41, 5.74) is -2.25. The third-order valence-corrected chi connectivity index (χ3v) is 8.64. The molecule has 4 atom stereocenters. The van der Waals surface area contributed by atoms with Gasteiger partial charge in [-0.15, -0.1) is 0 Å². The molecule has 3 aliphatic rings. The molecule has 0 spiro atoms. The lowest BCUT2D eigenvalue weighted by Gasteiger charge is -2.30. The second-order valence-corrected chi connectivity index (χ2v) is 13.4. The smallest absolute Gasteiger partial charge is 0.408 e. The number of ether oxygens (including phenoxy) is 1. The third-order valence-electron chi connectivity index (χ3n) is 7.25. The molecule has 0 aromatic carbocycles. The fraction of sp³-hybridized carbons (Fsp3) is 0.731. The molecule has 0 aromatic rings. The van der Waals surface area contributed by atoms with E-state index in [0.29, 0.717) is 43.0 Å². The second kappa shape index (κ2) is 12.6. The summed E-state index contributed by atoms with van der Waals surface area (Å²) in [6, 6.07) is -0.0458. The number of hydrogen-bond donors (Lipinski definition) is 3. The van der Waals surface area contributed by atoms with Crippen molar-refractivity contribution in [3.63, 3.8) is 0 Å². The van der Waals surface area contributed by atoms with Crippen LogP contribution in [0.1, 0.15) is 72.1 Å². The molecular formula is C26H40N6O7S. The van der Waals surface area contributed by atoms with Crippen LogP contribution >= 0.6 is 0 Å². The monoisotopic (exact) mass is 580 g/mol. The van der Waals surface area contributed by atoms with Gasteiger partial charge in [0.15, 0.2) is 0 Å². The highest BCUT2D eigenvalue weighted by molar-refractivity contribution is 7.87. The Balaban J connectivity index is 1.84. The van der Waals surface area contributed by atoms with Crippen molar-refractivity contribution in [1.29, 1.82) is 5.26 Å². The lowest BCUT2D eigenvalue weighted by molar-refractivity contribution is -0.141. The number of alkyl carbamates (subject to hydrolysis) is 1. The van der Waals surface area contributed by atoms with Gasteiger partial charge in [0.05, 0.1) is 6.07 Å². The van der Waals surface area contributed by atoms with Gasteiger partial charge in [0.2, 0.25) is 11.8 Å². The molecule has 0 bridgehead atoms. The van der Waals surface area contributed by atoms with Crippen LogP contribution in [0, 0.1) is 17.2 Å². The number of fused-ring (bicyclic) bond motifs is 2. The van der Waals surface area contributed by atoms with Crippen molar-refractivity contribution >= 4 is 34.0 Å². The SMILES string of the molecule is CN(CC#N)S(=O)(=O)NC(=O)[C@@]12C[C@H]1C=CCCCCC[C@H](NC(=O)OC(C)(C)C)C(=O)N1CCC[C@H]1C(=O)N2. The first-order valence-electron chi connectivity index (χ1n) is 13.6. The first-order valence-corrected chi connectivity index (χ1v) is 15.1. The minimum atomic E-state index is -4.30. The Morgan fingerprint density at radius 2 is 1.95 bits per heavy atom. The van der Waals surface area contributed by atoms with Crippen LogP contribution in [-0.4, -0.2) is 84.8 Å². The summed E-state index contributed by atoms with van der Waals surface area (Å²) < 4.78 is 33.2. The zero-order chi connectivity index (χ0) is 29.7. The lowest BCUT2D eigenvalue weighted by atomic mass is 10.0. The standard InChI is InChI=1S/C26H40N6O7S/c1-25(2,3)39-24(36)28-19-12-9-7-5-6-8-11-18-17-26(18,23(35)30-40(37,38)31(4)16-14-27)29-21(33)20-13-10-15-32(20)22(19)34/h8,11,18-20H,5-7,9-10,12-13,15-17H2,1-4H3,(H,28,36)(H,29,33)(H,30,35)/t18-,19+,20+,26-/m1/s1. The van der Waals surface area contributed by atoms with E-state index in [0.717, 1.165) is 12.8 Å². The molecule has 1 saturated carbocycles. The van der Waals surface area contributed by atoms with Crippen molar-refractivity contribution in [3.8, 4) is 6.07 Å². The molecule has 2 heterocycles. The molecule has 0 aromatic heterocycles. The predicted molar refractivity (Wildman–Crippen MR) is 144 cm³/mol. The fourth-order valence-corrected chi connectivity index (χ4v) is 5.81. The molecule has 4 amide bonds. The minimum absolute atomic E-state index is 0.196. The van der Waals surface area contributed by atoms with E-state index in [4.69, 9.17) is 10.00 Å². The van der Waals surface area contributed by atoms with Crippen LogP contribution in [0.3, 0.4) is 0 Å². The molecule has 2 fully saturated rings. The maximum absolute atomic E-state index is 13.6. The number of carbonyl (C=O) groups is 4. The van der Waals surface area contributed by atoms with Crippen LogP contribution < -0.4 is 15.4 Å². The number of nitrogens with one attached hydrogen (secondary N) is 3. The molecule has 3 rings (SSSR count). The zero-order valence-electron chi connectivity index (χ0n) is 23.6. The van der Waals surface area contributed by atoms with Gasteiger partial charge in [0.25, 0.3) is 5.91 Å². The van der Waals surface area contributed by atoms with E-state index in [2.05, 4.69) is 10.6 Å². The minimum Gasteiger partial charge on any atom is -0.444 e.